The molecule has 1 aromatic carbocycles. The lowest BCUT2D eigenvalue weighted by Gasteiger charge is -2.11. The summed E-state index contributed by atoms with van der Waals surface area (Å²) in [5.74, 6) is -0.663. The molecular weight excluding hydrogens is 221 g/mol. The molecule has 0 aromatic heterocycles. The molecule has 1 aliphatic heterocycles. The molecular formula is C12H12FN3O. The molecule has 4 nitrogen and oxygen atoms in total. The van der Waals surface area contributed by atoms with Crippen LogP contribution in [0.5, 0.6) is 0 Å². The van der Waals surface area contributed by atoms with Crippen LogP contribution in [0.3, 0.4) is 0 Å². The second-order valence-corrected chi connectivity index (χ2v) is 3.94. The van der Waals surface area contributed by atoms with Crippen LogP contribution in [-0.2, 0) is 4.79 Å². The number of nitrogens with one attached hydrogen (secondary N) is 2. The maximum Gasteiger partial charge on any atom is 0.241 e. The Morgan fingerprint density at radius 1 is 1.59 bits per heavy atom. The Hall–Kier alpha value is -1.93. The number of amides is 1. The number of rotatable bonds is 2. The largest absolute Gasteiger partial charge is 0.324 e. The van der Waals surface area contributed by atoms with Crippen molar-refractivity contribution < 1.29 is 9.18 Å². The summed E-state index contributed by atoms with van der Waals surface area (Å²) >= 11 is 0. The van der Waals surface area contributed by atoms with E-state index in [4.69, 9.17) is 5.26 Å². The van der Waals surface area contributed by atoms with E-state index in [-0.39, 0.29) is 17.5 Å². The summed E-state index contributed by atoms with van der Waals surface area (Å²) in [7, 11) is 0. The summed E-state index contributed by atoms with van der Waals surface area (Å²) in [6.07, 6.45) is 1.75. The van der Waals surface area contributed by atoms with Crippen LogP contribution in [-0.4, -0.2) is 18.5 Å². The Labute approximate surface area is 98.4 Å². The summed E-state index contributed by atoms with van der Waals surface area (Å²) < 4.78 is 12.9. The molecule has 0 saturated carbocycles. The fourth-order valence-corrected chi connectivity index (χ4v) is 1.85. The van der Waals surface area contributed by atoms with Crippen LogP contribution in [0.2, 0.25) is 0 Å². The number of halogens is 1. The van der Waals surface area contributed by atoms with Crippen LogP contribution in [0.4, 0.5) is 10.1 Å². The Balaban J connectivity index is 2.13. The van der Waals surface area contributed by atoms with Gasteiger partial charge in [0, 0.05) is 0 Å². The molecule has 1 atom stereocenters. The van der Waals surface area contributed by atoms with Gasteiger partial charge in [0.25, 0.3) is 0 Å². The summed E-state index contributed by atoms with van der Waals surface area (Å²) in [5, 5.41) is 14.5. The average Bonchev–Trinajstić information content (AvgIpc) is 2.85. The first kappa shape index (κ1) is 11.6. The van der Waals surface area contributed by atoms with Crippen molar-refractivity contribution in [3.63, 3.8) is 0 Å². The quantitative estimate of drug-likeness (QED) is 0.811. The second kappa shape index (κ2) is 4.93. The van der Waals surface area contributed by atoms with Crippen LogP contribution >= 0.6 is 0 Å². The lowest BCUT2D eigenvalue weighted by Crippen LogP contribution is -2.35. The van der Waals surface area contributed by atoms with Gasteiger partial charge in [0.05, 0.1) is 17.3 Å². The lowest BCUT2D eigenvalue weighted by atomic mass is 10.1. The minimum Gasteiger partial charge on any atom is -0.324 e. The van der Waals surface area contributed by atoms with Gasteiger partial charge in [-0.1, -0.05) is 0 Å². The molecule has 17 heavy (non-hydrogen) atoms. The fourth-order valence-electron chi connectivity index (χ4n) is 1.85. The van der Waals surface area contributed by atoms with Crippen LogP contribution in [0, 0.1) is 17.1 Å². The minimum absolute atomic E-state index is 0.136. The first-order chi connectivity index (χ1) is 8.20. The molecule has 5 heteroatoms. The zero-order valence-electron chi connectivity index (χ0n) is 9.16. The fraction of sp³-hybridized carbons (Fsp3) is 0.333. The van der Waals surface area contributed by atoms with Crippen LogP contribution < -0.4 is 10.6 Å². The third-order valence-corrected chi connectivity index (χ3v) is 2.74. The number of nitrogens with zero attached hydrogens (tertiary/aromatic N) is 1. The first-order valence-corrected chi connectivity index (χ1v) is 5.44. The first-order valence-electron chi connectivity index (χ1n) is 5.44. The van der Waals surface area contributed by atoms with Gasteiger partial charge in [-0.3, -0.25) is 4.79 Å². The zero-order chi connectivity index (χ0) is 12.3. The van der Waals surface area contributed by atoms with Crippen LogP contribution in [0.1, 0.15) is 18.4 Å². The van der Waals surface area contributed by atoms with E-state index in [1.807, 2.05) is 6.07 Å². The predicted octanol–water partition coefficient (Wildman–Crippen LogP) is 1.39. The third kappa shape index (κ3) is 2.60. The van der Waals surface area contributed by atoms with Gasteiger partial charge >= 0.3 is 0 Å². The second-order valence-electron chi connectivity index (χ2n) is 3.94. The highest BCUT2D eigenvalue weighted by Crippen LogP contribution is 2.17. The topological polar surface area (TPSA) is 64.9 Å². The SMILES string of the molecule is N#Cc1cc(F)ccc1NC(=O)[C@@H]1CCCN1. The number of carbonyl (C=O) groups is 1. The molecule has 1 fully saturated rings. The molecule has 1 saturated heterocycles. The number of benzene rings is 1. The molecule has 0 bridgehead atoms. The highest BCUT2D eigenvalue weighted by molar-refractivity contribution is 5.96. The molecule has 88 valence electrons. The van der Waals surface area contributed by atoms with E-state index in [1.165, 1.54) is 12.1 Å². The van der Waals surface area contributed by atoms with Gasteiger partial charge in [-0.25, -0.2) is 4.39 Å². The highest BCUT2D eigenvalue weighted by Gasteiger charge is 2.22. The van der Waals surface area contributed by atoms with E-state index in [1.54, 1.807) is 0 Å². The summed E-state index contributed by atoms with van der Waals surface area (Å²) in [6.45, 7) is 0.826. The number of hydrogen-bond donors (Lipinski definition) is 2. The summed E-state index contributed by atoms with van der Waals surface area (Å²) in [6, 6.07) is 5.37. The van der Waals surface area contributed by atoms with Crippen LogP contribution in [0.15, 0.2) is 18.2 Å². The third-order valence-electron chi connectivity index (χ3n) is 2.74. The van der Waals surface area contributed by atoms with E-state index in [0.29, 0.717) is 5.69 Å². The van der Waals surface area contributed by atoms with Gasteiger partial charge in [0.1, 0.15) is 11.9 Å². The molecule has 0 unspecified atom stereocenters. The van der Waals surface area contributed by atoms with Crippen molar-refractivity contribution in [2.75, 3.05) is 11.9 Å². The van der Waals surface area contributed by atoms with Gasteiger partial charge in [-0.2, -0.15) is 5.26 Å². The smallest absolute Gasteiger partial charge is 0.241 e. The van der Waals surface area contributed by atoms with E-state index < -0.39 is 5.82 Å². The Kier molecular flexibility index (Phi) is 3.35. The van der Waals surface area contributed by atoms with E-state index in [2.05, 4.69) is 10.6 Å². The molecule has 0 radical (unpaired) electrons. The van der Waals surface area contributed by atoms with Crippen molar-refractivity contribution in [3.05, 3.63) is 29.6 Å². The maximum absolute atomic E-state index is 12.9. The molecule has 2 rings (SSSR count). The van der Waals surface area contributed by atoms with Crippen molar-refractivity contribution in [1.29, 1.82) is 5.26 Å². The van der Waals surface area contributed by atoms with Gasteiger partial charge in [-0.05, 0) is 37.6 Å². The lowest BCUT2D eigenvalue weighted by molar-refractivity contribution is -0.117. The molecule has 1 aliphatic rings. The molecule has 1 aromatic rings. The van der Waals surface area contributed by atoms with Crippen molar-refractivity contribution in [1.82, 2.24) is 5.32 Å². The molecule has 2 N–H and O–H groups in total. The summed E-state index contributed by atoms with van der Waals surface area (Å²) in [5.41, 5.74) is 0.490. The normalized spacial score (nSPS) is 18.7. The number of carbonyl (C=O) groups excluding carboxylic acids is 1. The number of hydrogen-bond acceptors (Lipinski definition) is 3. The Morgan fingerprint density at radius 2 is 2.41 bits per heavy atom. The monoisotopic (exact) mass is 233 g/mol. The maximum atomic E-state index is 12.9. The van der Waals surface area contributed by atoms with E-state index >= 15 is 0 Å². The van der Waals surface area contributed by atoms with Crippen molar-refractivity contribution in [2.45, 2.75) is 18.9 Å². The van der Waals surface area contributed by atoms with E-state index in [9.17, 15) is 9.18 Å². The van der Waals surface area contributed by atoms with E-state index in [0.717, 1.165) is 25.5 Å². The van der Waals surface area contributed by atoms with Crippen molar-refractivity contribution >= 4 is 11.6 Å². The molecule has 1 heterocycles. The Morgan fingerprint density at radius 3 is 3.06 bits per heavy atom. The number of nitriles is 1. The Bertz CT molecular complexity index is 475. The zero-order valence-corrected chi connectivity index (χ0v) is 9.16. The minimum atomic E-state index is -0.487. The number of anilines is 1. The average molecular weight is 233 g/mol. The molecule has 0 spiro atoms. The van der Waals surface area contributed by atoms with Gasteiger partial charge < -0.3 is 10.6 Å². The van der Waals surface area contributed by atoms with Crippen molar-refractivity contribution in [2.24, 2.45) is 0 Å². The van der Waals surface area contributed by atoms with Gasteiger partial charge in [0.2, 0.25) is 5.91 Å². The molecule has 0 aliphatic carbocycles. The van der Waals surface area contributed by atoms with Gasteiger partial charge in [-0.15, -0.1) is 0 Å². The van der Waals surface area contributed by atoms with Crippen LogP contribution in [0.25, 0.3) is 0 Å². The van der Waals surface area contributed by atoms with Gasteiger partial charge in [0.15, 0.2) is 0 Å². The summed E-state index contributed by atoms with van der Waals surface area (Å²) in [4.78, 5) is 11.8. The molecule has 1 amide bonds. The van der Waals surface area contributed by atoms with Crippen molar-refractivity contribution in [3.8, 4) is 6.07 Å². The highest BCUT2D eigenvalue weighted by atomic mass is 19.1. The predicted molar refractivity (Wildman–Crippen MR) is 60.8 cm³/mol. The standard InChI is InChI=1S/C12H12FN3O/c13-9-3-4-10(8(6-9)7-14)16-12(17)11-2-1-5-15-11/h3-4,6,11,15H,1-2,5H2,(H,16,17)/t11-/m0/s1.